The lowest BCUT2D eigenvalue weighted by Crippen LogP contribution is -2.17. The summed E-state index contributed by atoms with van der Waals surface area (Å²) in [4.78, 5) is 13.2. The second-order valence-corrected chi connectivity index (χ2v) is 4.36. The minimum atomic E-state index is -1.12. The van der Waals surface area contributed by atoms with Crippen LogP contribution < -0.4 is 10.2 Å². The van der Waals surface area contributed by atoms with Gasteiger partial charge in [-0.3, -0.25) is 4.79 Å². The monoisotopic (exact) mass is 252 g/mol. The van der Waals surface area contributed by atoms with Crippen molar-refractivity contribution in [3.8, 4) is 0 Å². The molecule has 90 valence electrons. The predicted molar refractivity (Wildman–Crippen MR) is 68.5 cm³/mol. The molecule has 1 unspecified atom stereocenters. The third-order valence-corrected chi connectivity index (χ3v) is 3.04. The van der Waals surface area contributed by atoms with Gasteiger partial charge in [-0.25, -0.2) is 0 Å². The van der Waals surface area contributed by atoms with Crippen LogP contribution in [-0.4, -0.2) is 24.6 Å². The molecule has 0 fully saturated rings. The highest BCUT2D eigenvalue weighted by Gasteiger charge is 2.29. The molecule has 4 nitrogen and oxygen atoms in total. The van der Waals surface area contributed by atoms with E-state index in [-0.39, 0.29) is 0 Å². The molecule has 2 N–H and O–H groups in total. The Morgan fingerprint density at radius 3 is 3.00 bits per heavy atom. The summed E-state index contributed by atoms with van der Waals surface area (Å²) in [5.41, 5.74) is 1.92. The smallest absolute Gasteiger partial charge is 0.257 e. The number of aliphatic hydroxyl groups excluding tert-OH is 1. The van der Waals surface area contributed by atoms with E-state index in [0.29, 0.717) is 22.8 Å². The van der Waals surface area contributed by atoms with Crippen LogP contribution in [0.5, 0.6) is 0 Å². The van der Waals surface area contributed by atoms with E-state index in [1.54, 1.807) is 18.2 Å². The van der Waals surface area contributed by atoms with Crippen LogP contribution in [0, 0.1) is 0 Å². The maximum absolute atomic E-state index is 11.3. The van der Waals surface area contributed by atoms with Crippen molar-refractivity contribution in [3.63, 3.8) is 0 Å². The molecule has 1 aliphatic rings. The highest BCUT2D eigenvalue weighted by atomic mass is 35.5. The number of nitrogens with one attached hydrogen (secondary N) is 1. The van der Waals surface area contributed by atoms with Gasteiger partial charge in [-0.15, -0.1) is 6.58 Å². The maximum atomic E-state index is 11.3. The van der Waals surface area contributed by atoms with Crippen molar-refractivity contribution in [2.75, 3.05) is 23.8 Å². The molecule has 1 aliphatic heterocycles. The number of hydrogen-bond acceptors (Lipinski definition) is 3. The number of rotatable bonds is 3. The number of aliphatic hydroxyl groups is 1. The summed E-state index contributed by atoms with van der Waals surface area (Å²) in [6.45, 7) is 4.31. The molecule has 5 heteroatoms. The molecular formula is C12H13ClN2O2. The van der Waals surface area contributed by atoms with Crippen LogP contribution in [0.1, 0.15) is 11.7 Å². The number of carbonyl (C=O) groups excluding carboxylic acids is 1. The van der Waals surface area contributed by atoms with Crippen molar-refractivity contribution < 1.29 is 9.90 Å². The van der Waals surface area contributed by atoms with Gasteiger partial charge in [0.25, 0.3) is 5.91 Å². The molecule has 1 amide bonds. The van der Waals surface area contributed by atoms with Gasteiger partial charge in [0.1, 0.15) is 0 Å². The van der Waals surface area contributed by atoms with Crippen molar-refractivity contribution >= 4 is 28.9 Å². The number of amides is 1. The average Bonchev–Trinajstić information content (AvgIpc) is 2.55. The normalized spacial score (nSPS) is 17.6. The summed E-state index contributed by atoms with van der Waals surface area (Å²) in [6.07, 6.45) is 0.637. The maximum Gasteiger partial charge on any atom is 0.257 e. The van der Waals surface area contributed by atoms with Gasteiger partial charge in [0.15, 0.2) is 6.10 Å². The lowest BCUT2D eigenvalue weighted by molar-refractivity contribution is -0.123. The van der Waals surface area contributed by atoms with E-state index in [4.69, 9.17) is 11.6 Å². The molecule has 1 heterocycles. The first-order chi connectivity index (χ1) is 8.04. The molecule has 0 bridgehead atoms. The molecule has 0 saturated heterocycles. The number of anilines is 2. The fourth-order valence-electron chi connectivity index (χ4n) is 1.84. The zero-order valence-corrected chi connectivity index (χ0v) is 10.2. The molecule has 0 saturated carbocycles. The average molecular weight is 253 g/mol. The molecule has 0 radical (unpaired) electrons. The Labute approximate surface area is 104 Å². The van der Waals surface area contributed by atoms with E-state index in [0.717, 1.165) is 5.69 Å². The Morgan fingerprint density at radius 1 is 1.65 bits per heavy atom. The van der Waals surface area contributed by atoms with Gasteiger partial charge in [0.05, 0.1) is 10.7 Å². The minimum Gasteiger partial charge on any atom is -0.378 e. The fraction of sp³-hybridized carbons (Fsp3) is 0.250. The summed E-state index contributed by atoms with van der Waals surface area (Å²) < 4.78 is 0. The first-order valence-corrected chi connectivity index (χ1v) is 5.56. The molecule has 17 heavy (non-hydrogen) atoms. The van der Waals surface area contributed by atoms with Crippen molar-refractivity contribution in [1.82, 2.24) is 0 Å². The molecule has 1 aromatic rings. The molecule has 2 rings (SSSR count). The number of carbonyl (C=O) groups is 1. The van der Waals surface area contributed by atoms with Crippen LogP contribution in [0.4, 0.5) is 11.4 Å². The van der Waals surface area contributed by atoms with Gasteiger partial charge in [-0.05, 0) is 12.1 Å². The molecule has 0 spiro atoms. The van der Waals surface area contributed by atoms with E-state index >= 15 is 0 Å². The largest absolute Gasteiger partial charge is 0.378 e. The van der Waals surface area contributed by atoms with Gasteiger partial charge in [0, 0.05) is 24.8 Å². The van der Waals surface area contributed by atoms with Gasteiger partial charge < -0.3 is 15.3 Å². The van der Waals surface area contributed by atoms with Crippen molar-refractivity contribution in [2.45, 2.75) is 6.10 Å². The second-order valence-electron chi connectivity index (χ2n) is 3.95. The summed E-state index contributed by atoms with van der Waals surface area (Å²) in [5, 5.41) is 12.7. The molecule has 0 aliphatic carbocycles. The third kappa shape index (κ3) is 2.01. The Kier molecular flexibility index (Phi) is 3.09. The zero-order valence-electron chi connectivity index (χ0n) is 9.40. The highest BCUT2D eigenvalue weighted by molar-refractivity contribution is 6.33. The SMILES string of the molecule is C=CCN(C)c1cc2c(cc1Cl)C(O)C(=O)N2. The lowest BCUT2D eigenvalue weighted by Gasteiger charge is -2.19. The predicted octanol–water partition coefficient (Wildman–Crippen LogP) is 1.95. The van der Waals surface area contributed by atoms with Gasteiger partial charge in [-0.2, -0.15) is 0 Å². The first kappa shape index (κ1) is 12.0. The molecule has 1 atom stereocenters. The summed E-state index contributed by atoms with van der Waals surface area (Å²) in [6, 6.07) is 3.38. The molecular weight excluding hydrogens is 240 g/mol. The summed E-state index contributed by atoms with van der Waals surface area (Å²) >= 11 is 6.13. The van der Waals surface area contributed by atoms with Gasteiger partial charge >= 0.3 is 0 Å². The van der Waals surface area contributed by atoms with Crippen molar-refractivity contribution in [1.29, 1.82) is 0 Å². The molecule has 1 aromatic carbocycles. The minimum absolute atomic E-state index is 0.417. The topological polar surface area (TPSA) is 52.6 Å². The molecule has 0 aromatic heterocycles. The van der Waals surface area contributed by atoms with Crippen LogP contribution in [0.25, 0.3) is 0 Å². The van der Waals surface area contributed by atoms with Crippen LogP contribution >= 0.6 is 11.6 Å². The Hall–Kier alpha value is -1.52. The summed E-state index contributed by atoms with van der Waals surface area (Å²) in [5.74, 6) is -0.417. The standard InChI is InChI=1S/C12H13ClN2O2/c1-3-4-15(2)10-6-9-7(5-8(10)13)11(16)12(17)14-9/h3,5-6,11,16H,1,4H2,2H3,(H,14,17). The van der Waals surface area contributed by atoms with Gasteiger partial charge in [0.2, 0.25) is 0 Å². The number of hydrogen-bond donors (Lipinski definition) is 2. The quantitative estimate of drug-likeness (QED) is 0.809. The lowest BCUT2D eigenvalue weighted by atomic mass is 10.1. The van der Waals surface area contributed by atoms with Crippen molar-refractivity contribution in [3.05, 3.63) is 35.4 Å². The van der Waals surface area contributed by atoms with Crippen LogP contribution in [0.2, 0.25) is 5.02 Å². The first-order valence-electron chi connectivity index (χ1n) is 5.19. The second kappa shape index (κ2) is 4.39. The van der Waals surface area contributed by atoms with E-state index in [2.05, 4.69) is 11.9 Å². The zero-order chi connectivity index (χ0) is 12.6. The van der Waals surface area contributed by atoms with Crippen LogP contribution in [0.15, 0.2) is 24.8 Å². The third-order valence-electron chi connectivity index (χ3n) is 2.73. The van der Waals surface area contributed by atoms with Crippen LogP contribution in [0.3, 0.4) is 0 Å². The van der Waals surface area contributed by atoms with Crippen molar-refractivity contribution in [2.24, 2.45) is 0 Å². The number of benzene rings is 1. The number of halogens is 1. The van der Waals surface area contributed by atoms with E-state index < -0.39 is 12.0 Å². The summed E-state index contributed by atoms with van der Waals surface area (Å²) in [7, 11) is 1.88. The Morgan fingerprint density at radius 2 is 2.35 bits per heavy atom. The Balaban J connectivity index is 2.43. The van der Waals surface area contributed by atoms with E-state index in [9.17, 15) is 9.90 Å². The number of likely N-dealkylation sites (N-methyl/N-ethyl adjacent to an activating group) is 1. The van der Waals surface area contributed by atoms with E-state index in [1.165, 1.54) is 0 Å². The highest BCUT2D eigenvalue weighted by Crippen LogP contribution is 2.38. The fourth-order valence-corrected chi connectivity index (χ4v) is 2.15. The van der Waals surface area contributed by atoms with Crippen LogP contribution in [-0.2, 0) is 4.79 Å². The number of nitrogens with zero attached hydrogens (tertiary/aromatic N) is 1. The number of fused-ring (bicyclic) bond motifs is 1. The van der Waals surface area contributed by atoms with E-state index in [1.807, 2.05) is 11.9 Å². The van der Waals surface area contributed by atoms with Gasteiger partial charge in [-0.1, -0.05) is 17.7 Å². The Bertz CT molecular complexity index is 488.